The minimum absolute atomic E-state index is 0.0700. The van der Waals surface area contributed by atoms with E-state index < -0.39 is 5.60 Å². The molecule has 25 heavy (non-hydrogen) atoms. The van der Waals surface area contributed by atoms with Crippen LogP contribution in [0, 0.1) is 17.8 Å². The molecule has 1 saturated heterocycles. The Bertz CT molecular complexity index is 720. The molecule has 1 aromatic rings. The third-order valence-electron chi connectivity index (χ3n) is 3.73. The van der Waals surface area contributed by atoms with Crippen LogP contribution in [0.2, 0.25) is 10.0 Å². The molecule has 1 aromatic carbocycles. The van der Waals surface area contributed by atoms with E-state index in [9.17, 15) is 9.59 Å². The smallest absolute Gasteiger partial charge is 0.410 e. The maximum atomic E-state index is 12.2. The van der Waals surface area contributed by atoms with E-state index in [0.717, 1.165) is 0 Å². The molecule has 0 unspecified atom stereocenters. The van der Waals surface area contributed by atoms with Gasteiger partial charge < -0.3 is 9.64 Å². The molecule has 0 saturated carbocycles. The molecule has 1 heterocycles. The van der Waals surface area contributed by atoms with Gasteiger partial charge in [-0.1, -0.05) is 35.2 Å². The number of Topliss-reactive ketones (excluding diaryl/α,β-unsaturated/α-hetero) is 1. The van der Waals surface area contributed by atoms with Gasteiger partial charge in [0.1, 0.15) is 5.60 Å². The van der Waals surface area contributed by atoms with Crippen molar-refractivity contribution in [1.29, 1.82) is 0 Å². The molecule has 0 aliphatic carbocycles. The van der Waals surface area contributed by atoms with Gasteiger partial charge in [0.15, 0.2) is 0 Å². The Morgan fingerprint density at radius 1 is 1.20 bits per heavy atom. The zero-order chi connectivity index (χ0) is 18.6. The third kappa shape index (κ3) is 5.66. The fraction of sp³-hybridized carbons (Fsp3) is 0.474. The molecule has 0 atom stereocenters. The van der Waals surface area contributed by atoms with Crippen LogP contribution in [0.25, 0.3) is 0 Å². The molecule has 2 rings (SSSR count). The lowest BCUT2D eigenvalue weighted by Gasteiger charge is -2.31. The third-order valence-corrected chi connectivity index (χ3v) is 4.55. The number of carbonyl (C=O) groups is 2. The van der Waals surface area contributed by atoms with Crippen LogP contribution in [0.5, 0.6) is 0 Å². The Morgan fingerprint density at radius 3 is 2.44 bits per heavy atom. The van der Waals surface area contributed by atoms with E-state index in [0.29, 0.717) is 36.5 Å². The number of hydrogen-bond donors (Lipinski definition) is 0. The van der Waals surface area contributed by atoms with Crippen molar-refractivity contribution in [2.24, 2.45) is 5.92 Å². The Balaban J connectivity index is 1.92. The molecule has 6 heteroatoms. The van der Waals surface area contributed by atoms with Crippen molar-refractivity contribution in [2.45, 2.75) is 39.2 Å². The zero-order valence-corrected chi connectivity index (χ0v) is 16.1. The summed E-state index contributed by atoms with van der Waals surface area (Å²) in [5.41, 5.74) is -0.191. The van der Waals surface area contributed by atoms with Gasteiger partial charge in [-0.05, 0) is 51.7 Å². The molecule has 0 N–H and O–H groups in total. The molecular weight excluding hydrogens is 361 g/mol. The van der Waals surface area contributed by atoms with Crippen molar-refractivity contribution in [3.05, 3.63) is 33.8 Å². The average molecular weight is 382 g/mol. The average Bonchev–Trinajstić information content (AvgIpc) is 2.54. The van der Waals surface area contributed by atoms with Gasteiger partial charge in [-0.2, -0.15) is 0 Å². The first-order chi connectivity index (χ1) is 11.7. The summed E-state index contributed by atoms with van der Waals surface area (Å²) in [6.45, 7) is 6.67. The van der Waals surface area contributed by atoms with Crippen molar-refractivity contribution in [3.8, 4) is 11.8 Å². The first-order valence-corrected chi connectivity index (χ1v) is 8.91. The topological polar surface area (TPSA) is 46.6 Å². The molecule has 1 aliphatic heterocycles. The predicted molar refractivity (Wildman–Crippen MR) is 99.1 cm³/mol. The molecular formula is C19H21Cl2NO3. The van der Waals surface area contributed by atoms with Gasteiger partial charge in [0.25, 0.3) is 0 Å². The van der Waals surface area contributed by atoms with Crippen molar-refractivity contribution >= 4 is 35.1 Å². The number of piperidine rings is 1. The van der Waals surface area contributed by atoms with E-state index >= 15 is 0 Å². The van der Waals surface area contributed by atoms with Gasteiger partial charge in [-0.25, -0.2) is 4.79 Å². The van der Waals surface area contributed by atoms with E-state index in [1.54, 1.807) is 23.1 Å². The van der Waals surface area contributed by atoms with E-state index in [1.165, 1.54) is 0 Å². The number of rotatable bonds is 1. The molecule has 0 radical (unpaired) electrons. The monoisotopic (exact) mass is 381 g/mol. The van der Waals surface area contributed by atoms with Gasteiger partial charge in [0, 0.05) is 19.0 Å². The Hall–Kier alpha value is -1.70. The van der Waals surface area contributed by atoms with Crippen LogP contribution < -0.4 is 0 Å². The summed E-state index contributed by atoms with van der Waals surface area (Å²) in [5, 5.41) is 0.559. The summed E-state index contributed by atoms with van der Waals surface area (Å²) in [5.74, 6) is 5.37. The lowest BCUT2D eigenvalue weighted by atomic mass is 9.97. The minimum atomic E-state index is -0.504. The lowest BCUT2D eigenvalue weighted by molar-refractivity contribution is 0.0199. The van der Waals surface area contributed by atoms with Gasteiger partial charge in [-0.3, -0.25) is 4.79 Å². The number of hydrogen-bond acceptors (Lipinski definition) is 3. The minimum Gasteiger partial charge on any atom is -0.444 e. The zero-order valence-electron chi connectivity index (χ0n) is 14.6. The molecule has 0 bridgehead atoms. The fourth-order valence-electron chi connectivity index (χ4n) is 2.45. The molecule has 1 fully saturated rings. The standard InChI is InChI=1S/C19H21Cl2NO3/c1-19(2,3)25-18(24)22-11-9-13(10-12-22)7-8-16(23)14-5-4-6-15(20)17(14)21/h4-6,13H,9-12H2,1-3H3. The van der Waals surface area contributed by atoms with Gasteiger partial charge in [0.2, 0.25) is 5.78 Å². The summed E-state index contributed by atoms with van der Waals surface area (Å²) in [6, 6.07) is 4.90. The first-order valence-electron chi connectivity index (χ1n) is 8.15. The largest absolute Gasteiger partial charge is 0.444 e. The van der Waals surface area contributed by atoms with E-state index in [4.69, 9.17) is 27.9 Å². The second-order valence-electron chi connectivity index (χ2n) is 6.94. The first kappa shape index (κ1) is 19.6. The second kappa shape index (κ2) is 8.12. The number of amides is 1. The summed E-state index contributed by atoms with van der Waals surface area (Å²) in [6.07, 6.45) is 1.12. The van der Waals surface area contributed by atoms with Crippen LogP contribution in [-0.2, 0) is 4.74 Å². The second-order valence-corrected chi connectivity index (χ2v) is 7.73. The number of nitrogens with zero attached hydrogens (tertiary/aromatic N) is 1. The van der Waals surface area contributed by atoms with E-state index in [1.807, 2.05) is 20.8 Å². The van der Waals surface area contributed by atoms with Crippen molar-refractivity contribution < 1.29 is 14.3 Å². The summed E-state index contributed by atoms with van der Waals surface area (Å²) >= 11 is 12.0. The fourth-order valence-corrected chi connectivity index (χ4v) is 2.83. The van der Waals surface area contributed by atoms with Crippen LogP contribution in [-0.4, -0.2) is 35.5 Å². The Kier molecular flexibility index (Phi) is 6.37. The van der Waals surface area contributed by atoms with Crippen molar-refractivity contribution in [1.82, 2.24) is 4.90 Å². The molecule has 4 nitrogen and oxygen atoms in total. The molecule has 134 valence electrons. The number of benzene rings is 1. The van der Waals surface area contributed by atoms with Crippen LogP contribution in [0.1, 0.15) is 44.0 Å². The van der Waals surface area contributed by atoms with Crippen LogP contribution in [0.3, 0.4) is 0 Å². The summed E-state index contributed by atoms with van der Waals surface area (Å²) < 4.78 is 5.36. The highest BCUT2D eigenvalue weighted by Crippen LogP contribution is 2.26. The quantitative estimate of drug-likeness (QED) is 0.397. The molecule has 0 aromatic heterocycles. The maximum Gasteiger partial charge on any atom is 0.410 e. The normalized spacial score (nSPS) is 15.3. The van der Waals surface area contributed by atoms with Crippen LogP contribution >= 0.6 is 23.2 Å². The number of ketones is 1. The molecule has 0 spiro atoms. The number of halogens is 2. The van der Waals surface area contributed by atoms with E-state index in [-0.39, 0.29) is 22.8 Å². The van der Waals surface area contributed by atoms with E-state index in [2.05, 4.69) is 11.8 Å². The highest BCUT2D eigenvalue weighted by atomic mass is 35.5. The van der Waals surface area contributed by atoms with Crippen molar-refractivity contribution in [3.63, 3.8) is 0 Å². The Morgan fingerprint density at radius 2 is 1.84 bits per heavy atom. The predicted octanol–water partition coefficient (Wildman–Crippen LogP) is 4.83. The van der Waals surface area contributed by atoms with Crippen LogP contribution in [0.4, 0.5) is 4.79 Å². The number of likely N-dealkylation sites (tertiary alicyclic amines) is 1. The summed E-state index contributed by atoms with van der Waals surface area (Å²) in [7, 11) is 0. The Labute approximate surface area is 158 Å². The SMILES string of the molecule is CC(C)(C)OC(=O)N1CCC(C#CC(=O)c2cccc(Cl)c2Cl)CC1. The van der Waals surface area contributed by atoms with Crippen LogP contribution in [0.15, 0.2) is 18.2 Å². The van der Waals surface area contributed by atoms with Crippen molar-refractivity contribution in [2.75, 3.05) is 13.1 Å². The van der Waals surface area contributed by atoms with Gasteiger partial charge >= 0.3 is 6.09 Å². The lowest BCUT2D eigenvalue weighted by Crippen LogP contribution is -2.41. The maximum absolute atomic E-state index is 12.2. The number of ether oxygens (including phenoxy) is 1. The molecule has 1 amide bonds. The highest BCUT2D eigenvalue weighted by molar-refractivity contribution is 6.44. The number of carbonyl (C=O) groups excluding carboxylic acids is 2. The molecule has 1 aliphatic rings. The van der Waals surface area contributed by atoms with Gasteiger partial charge in [-0.15, -0.1) is 0 Å². The summed E-state index contributed by atoms with van der Waals surface area (Å²) in [4.78, 5) is 25.9. The highest BCUT2D eigenvalue weighted by Gasteiger charge is 2.26. The van der Waals surface area contributed by atoms with Gasteiger partial charge in [0.05, 0.1) is 15.6 Å².